The third kappa shape index (κ3) is 13.4. The fourth-order valence-corrected chi connectivity index (χ4v) is 11.6. The molecule has 5 rings (SSSR count). The Labute approximate surface area is 364 Å². The third-order valence-electron chi connectivity index (χ3n) is 7.56. The molecule has 0 spiro atoms. The summed E-state index contributed by atoms with van der Waals surface area (Å²) >= 11 is -6.77. The molecule has 0 fully saturated rings. The van der Waals surface area contributed by atoms with Gasteiger partial charge in [-0.1, -0.05) is 0 Å². The number of carbonyl (C=O) groups excluding carboxylic acids is 4. The molecular formula is C46H40O12Sb2. The van der Waals surface area contributed by atoms with Crippen molar-refractivity contribution in [2.24, 2.45) is 0 Å². The van der Waals surface area contributed by atoms with E-state index in [1.54, 1.807) is 125 Å². The van der Waals surface area contributed by atoms with Crippen LogP contribution in [-0.2, 0) is 19.2 Å². The van der Waals surface area contributed by atoms with Crippen LogP contribution >= 0.6 is 0 Å². The van der Waals surface area contributed by atoms with E-state index in [0.29, 0.717) is 46.0 Å². The minimum atomic E-state index is -3.39. The van der Waals surface area contributed by atoms with Gasteiger partial charge in [0.05, 0.1) is 0 Å². The summed E-state index contributed by atoms with van der Waals surface area (Å²) in [6.07, 6.45) is 0. The Balaban J connectivity index is 1.42. The van der Waals surface area contributed by atoms with Crippen LogP contribution in [0.1, 0.15) is 27.7 Å². The first-order valence-electron chi connectivity index (χ1n) is 18.0. The van der Waals surface area contributed by atoms with Crippen LogP contribution in [0, 0.1) is 0 Å². The molecule has 0 N–H and O–H groups in total. The Morgan fingerprint density at radius 2 is 0.483 bits per heavy atom. The molecule has 14 heteroatoms. The van der Waals surface area contributed by atoms with Crippen LogP contribution in [-0.4, -0.2) is 66.0 Å². The maximum atomic E-state index is 12.0. The average molecular weight is 1030 g/mol. The predicted octanol–water partition coefficient (Wildman–Crippen LogP) is 7.32. The van der Waals surface area contributed by atoms with Gasteiger partial charge in [-0.3, -0.25) is 0 Å². The first-order valence-corrected chi connectivity index (χ1v) is 24.7. The topological polar surface area (TPSA) is 142 Å². The summed E-state index contributed by atoms with van der Waals surface area (Å²) in [5.74, 6) is 1.08. The predicted molar refractivity (Wildman–Crippen MR) is 227 cm³/mol. The fraction of sp³-hybridized carbons (Fsp3) is 0.0870. The molecule has 0 saturated carbocycles. The number of hydrogen-bond acceptors (Lipinski definition) is 12. The summed E-state index contributed by atoms with van der Waals surface area (Å²) in [6, 6.07) is 33.9. The van der Waals surface area contributed by atoms with Gasteiger partial charge in [-0.05, 0) is 0 Å². The zero-order valence-electron chi connectivity index (χ0n) is 33.2. The number of rotatable bonds is 18. The SMILES string of the molecule is C=C(C)C(=O)Oc1ccc([O][Sb]([O]c2ccc(OC(=O)C(=C)C)cc2)[c]2cc[c]([Sb]([O]c3ccc(OC(=O)C(=C)C)cc3)[O]c3ccc(OC(=O)C(=C)C)cc3)cc2)cc1. The summed E-state index contributed by atoms with van der Waals surface area (Å²) in [7, 11) is 0. The number of ether oxygens (including phenoxy) is 4. The Bertz CT molecular complexity index is 2070. The second-order valence-electron chi connectivity index (χ2n) is 13.0. The summed E-state index contributed by atoms with van der Waals surface area (Å²) in [4.78, 5) is 48.2. The van der Waals surface area contributed by atoms with E-state index in [9.17, 15) is 19.2 Å². The van der Waals surface area contributed by atoms with Crippen molar-refractivity contribution >= 4 is 73.0 Å². The van der Waals surface area contributed by atoms with Gasteiger partial charge in [0, 0.05) is 0 Å². The molecule has 0 radical (unpaired) electrons. The van der Waals surface area contributed by atoms with Crippen LogP contribution in [0.25, 0.3) is 0 Å². The van der Waals surface area contributed by atoms with E-state index in [-0.39, 0.29) is 22.3 Å². The second-order valence-corrected chi connectivity index (χ2v) is 20.9. The summed E-state index contributed by atoms with van der Waals surface area (Å²) < 4.78 is 49.0. The van der Waals surface area contributed by atoms with Gasteiger partial charge in [0.1, 0.15) is 0 Å². The molecule has 0 heterocycles. The summed E-state index contributed by atoms with van der Waals surface area (Å²) in [6.45, 7) is 20.7. The molecule has 5 aromatic rings. The molecule has 306 valence electrons. The molecule has 0 saturated heterocycles. The number of esters is 4. The third-order valence-corrected chi connectivity index (χ3v) is 16.0. The van der Waals surface area contributed by atoms with Crippen LogP contribution in [0.15, 0.2) is 170 Å². The van der Waals surface area contributed by atoms with E-state index in [1.807, 2.05) is 24.3 Å². The summed E-state index contributed by atoms with van der Waals surface area (Å²) in [5, 5.41) is 0. The van der Waals surface area contributed by atoms with Crippen LogP contribution in [0.4, 0.5) is 0 Å². The molecule has 0 unspecified atom stereocenters. The van der Waals surface area contributed by atoms with Crippen molar-refractivity contribution in [2.45, 2.75) is 27.7 Å². The van der Waals surface area contributed by atoms with Crippen molar-refractivity contribution in [3.8, 4) is 46.0 Å². The van der Waals surface area contributed by atoms with E-state index in [4.69, 9.17) is 31.0 Å². The molecule has 0 aliphatic heterocycles. The molecule has 0 atom stereocenters. The number of carbonyl (C=O) groups is 4. The second kappa shape index (κ2) is 21.2. The zero-order valence-corrected chi connectivity index (χ0v) is 38.3. The normalized spacial score (nSPS) is 10.5. The van der Waals surface area contributed by atoms with Crippen molar-refractivity contribution in [1.82, 2.24) is 0 Å². The van der Waals surface area contributed by atoms with Crippen molar-refractivity contribution in [1.29, 1.82) is 0 Å². The van der Waals surface area contributed by atoms with E-state index in [1.165, 1.54) is 0 Å². The zero-order chi connectivity index (χ0) is 43.3. The first-order chi connectivity index (χ1) is 28.6. The summed E-state index contributed by atoms with van der Waals surface area (Å²) in [5.41, 5.74) is 1.07. The van der Waals surface area contributed by atoms with E-state index in [0.717, 1.165) is 7.02 Å². The van der Waals surface area contributed by atoms with Crippen molar-refractivity contribution in [2.75, 3.05) is 0 Å². The van der Waals surface area contributed by atoms with Gasteiger partial charge in [0.2, 0.25) is 0 Å². The molecule has 12 nitrogen and oxygen atoms in total. The Morgan fingerprint density at radius 1 is 0.317 bits per heavy atom. The van der Waals surface area contributed by atoms with Crippen LogP contribution in [0.3, 0.4) is 0 Å². The molecule has 60 heavy (non-hydrogen) atoms. The fourth-order valence-electron chi connectivity index (χ4n) is 4.38. The van der Waals surface area contributed by atoms with Gasteiger partial charge >= 0.3 is 367 Å². The van der Waals surface area contributed by atoms with Crippen molar-refractivity contribution < 1.29 is 50.2 Å². The standard InChI is InChI=1S/4C10H10O3.C6H4.2Sb/c4*1-7(2)10(12)13-9-5-3-8(11)4-6-9;1-2-4-6-5-3-1;;/h4*3-6,11H,1H2,2H3;1-2,5-6H;;/q;;;;;2*+2/p-4. The van der Waals surface area contributed by atoms with Gasteiger partial charge < -0.3 is 0 Å². The van der Waals surface area contributed by atoms with E-state index >= 15 is 0 Å². The molecule has 0 aliphatic rings. The van der Waals surface area contributed by atoms with Gasteiger partial charge in [0.15, 0.2) is 0 Å². The van der Waals surface area contributed by atoms with Gasteiger partial charge in [0.25, 0.3) is 0 Å². The average Bonchev–Trinajstić information content (AvgIpc) is 3.23. The van der Waals surface area contributed by atoms with Crippen molar-refractivity contribution in [3.05, 3.63) is 170 Å². The number of hydrogen-bond donors (Lipinski definition) is 0. The van der Waals surface area contributed by atoms with Crippen LogP contribution < -0.4 is 38.0 Å². The Morgan fingerprint density at radius 3 is 0.650 bits per heavy atom. The quantitative estimate of drug-likeness (QED) is 0.0376. The van der Waals surface area contributed by atoms with Crippen LogP contribution in [0.2, 0.25) is 0 Å². The molecule has 0 bridgehead atoms. The molecule has 0 aromatic heterocycles. The monoisotopic (exact) mass is 1030 g/mol. The molecule has 5 aromatic carbocycles. The molecule has 0 amide bonds. The van der Waals surface area contributed by atoms with E-state index in [2.05, 4.69) is 26.3 Å². The Kier molecular flexibility index (Phi) is 15.8. The van der Waals surface area contributed by atoms with Gasteiger partial charge in [-0.2, -0.15) is 0 Å². The van der Waals surface area contributed by atoms with Crippen molar-refractivity contribution in [3.63, 3.8) is 0 Å². The molecule has 0 aliphatic carbocycles. The Hall–Kier alpha value is -6.22. The molecular weight excluding hydrogens is 988 g/mol. The first kappa shape index (κ1) is 44.9. The minimum absolute atomic E-state index is 0.267. The van der Waals surface area contributed by atoms with E-state index < -0.39 is 66.0 Å². The maximum absolute atomic E-state index is 12.0. The number of benzene rings is 5. The van der Waals surface area contributed by atoms with Gasteiger partial charge in [-0.15, -0.1) is 0 Å². The van der Waals surface area contributed by atoms with Gasteiger partial charge in [-0.25, -0.2) is 0 Å². The van der Waals surface area contributed by atoms with Crippen LogP contribution in [0.5, 0.6) is 46.0 Å².